The Balaban J connectivity index is 2.35. The zero-order valence-electron chi connectivity index (χ0n) is 5.73. The second-order valence-corrected chi connectivity index (χ2v) is 3.66. The number of hydrazone groups is 1. The van der Waals surface area contributed by atoms with Crippen molar-refractivity contribution in [1.29, 1.82) is 0 Å². The molecule has 1 rings (SSSR count). The van der Waals surface area contributed by atoms with Gasteiger partial charge in [0.25, 0.3) is 0 Å². The third-order valence-corrected chi connectivity index (χ3v) is 2.74. The van der Waals surface area contributed by atoms with Crippen LogP contribution in [-0.2, 0) is 5.75 Å². The second-order valence-electron chi connectivity index (χ2n) is 1.68. The van der Waals surface area contributed by atoms with E-state index in [-0.39, 0.29) is 0 Å². The Labute approximate surface area is 72.7 Å². The van der Waals surface area contributed by atoms with Crippen molar-refractivity contribution in [3.63, 3.8) is 0 Å². The summed E-state index contributed by atoms with van der Waals surface area (Å²) in [6.45, 7) is 0. The van der Waals surface area contributed by atoms with Crippen molar-refractivity contribution in [2.24, 2.45) is 16.7 Å². The van der Waals surface area contributed by atoms with Crippen LogP contribution in [0, 0.1) is 0 Å². The van der Waals surface area contributed by atoms with E-state index in [9.17, 15) is 0 Å². The zero-order chi connectivity index (χ0) is 8.10. The van der Waals surface area contributed by atoms with Gasteiger partial charge in [0.2, 0.25) is 0 Å². The molecule has 0 saturated heterocycles. The van der Waals surface area contributed by atoms with Gasteiger partial charge in [-0.05, 0) is 0 Å². The largest absolute Gasteiger partial charge is 0.377 e. The van der Waals surface area contributed by atoms with Crippen molar-refractivity contribution in [2.45, 2.75) is 5.75 Å². The minimum atomic E-state index is 0.389. The van der Waals surface area contributed by atoms with Gasteiger partial charge in [-0.3, -0.25) is 0 Å². The predicted molar refractivity (Wildman–Crippen MR) is 49.2 cm³/mol. The molecule has 60 valence electrons. The van der Waals surface area contributed by atoms with Crippen LogP contribution in [0.3, 0.4) is 0 Å². The molecule has 4 N–H and O–H groups in total. The monoisotopic (exact) mass is 188 g/mol. The summed E-state index contributed by atoms with van der Waals surface area (Å²) >= 11 is 2.98. The molecule has 0 aliphatic carbocycles. The summed E-state index contributed by atoms with van der Waals surface area (Å²) in [4.78, 5) is 4.07. The number of hydrogen-bond donors (Lipinski definition) is 2. The molecule has 0 aliphatic heterocycles. The van der Waals surface area contributed by atoms with E-state index >= 15 is 0 Å². The van der Waals surface area contributed by atoms with Gasteiger partial charge in [-0.1, -0.05) is 11.8 Å². The van der Waals surface area contributed by atoms with Gasteiger partial charge >= 0.3 is 0 Å². The van der Waals surface area contributed by atoms with Crippen LogP contribution < -0.4 is 11.6 Å². The average molecular weight is 188 g/mol. The standard InChI is InChI=1S/C5H8N4S2/c6-5(9-7)11-3-4-8-1-2-10-4/h1-2H,3,7H2,(H2,6,9). The third-order valence-electron chi connectivity index (χ3n) is 0.954. The van der Waals surface area contributed by atoms with Gasteiger partial charge in [-0.2, -0.15) is 5.10 Å². The van der Waals surface area contributed by atoms with Gasteiger partial charge in [0.1, 0.15) is 5.01 Å². The fourth-order valence-electron chi connectivity index (χ4n) is 0.497. The molecule has 0 aliphatic rings. The summed E-state index contributed by atoms with van der Waals surface area (Å²) in [6.07, 6.45) is 1.76. The molecule has 4 nitrogen and oxygen atoms in total. The molecule has 0 bridgehead atoms. The Morgan fingerprint density at radius 1 is 1.82 bits per heavy atom. The van der Waals surface area contributed by atoms with Crippen LogP contribution in [0.25, 0.3) is 0 Å². The van der Waals surface area contributed by atoms with Crippen LogP contribution in [-0.4, -0.2) is 10.2 Å². The Kier molecular flexibility index (Phi) is 3.18. The molecular formula is C5H8N4S2. The highest BCUT2D eigenvalue weighted by Gasteiger charge is 1.97. The normalized spacial score (nSPS) is 11.8. The first kappa shape index (κ1) is 8.35. The van der Waals surface area contributed by atoms with Gasteiger partial charge in [0.15, 0.2) is 5.17 Å². The van der Waals surface area contributed by atoms with Crippen molar-refractivity contribution in [3.8, 4) is 0 Å². The van der Waals surface area contributed by atoms with E-state index in [2.05, 4.69) is 10.1 Å². The summed E-state index contributed by atoms with van der Waals surface area (Å²) in [5.41, 5.74) is 5.35. The molecular weight excluding hydrogens is 180 g/mol. The Morgan fingerprint density at radius 2 is 2.64 bits per heavy atom. The maximum absolute atomic E-state index is 5.35. The van der Waals surface area contributed by atoms with Crippen molar-refractivity contribution in [1.82, 2.24) is 4.98 Å². The number of thiazole rings is 1. The van der Waals surface area contributed by atoms with Crippen LogP contribution in [0.1, 0.15) is 5.01 Å². The SMILES string of the molecule is NN=C(N)SCc1nccs1. The molecule has 0 amide bonds. The predicted octanol–water partition coefficient (Wildman–Crippen LogP) is 0.565. The van der Waals surface area contributed by atoms with E-state index in [4.69, 9.17) is 11.6 Å². The van der Waals surface area contributed by atoms with Crippen molar-refractivity contribution in [2.75, 3.05) is 0 Å². The van der Waals surface area contributed by atoms with E-state index in [0.29, 0.717) is 5.17 Å². The molecule has 1 aromatic heterocycles. The fraction of sp³-hybridized carbons (Fsp3) is 0.200. The van der Waals surface area contributed by atoms with Gasteiger partial charge in [-0.15, -0.1) is 11.3 Å². The van der Waals surface area contributed by atoms with Crippen LogP contribution >= 0.6 is 23.1 Å². The van der Waals surface area contributed by atoms with Gasteiger partial charge < -0.3 is 11.6 Å². The molecule has 6 heteroatoms. The lowest BCUT2D eigenvalue weighted by atomic mass is 10.8. The van der Waals surface area contributed by atoms with Gasteiger partial charge in [0, 0.05) is 11.6 Å². The maximum atomic E-state index is 5.35. The topological polar surface area (TPSA) is 77.3 Å². The number of aromatic nitrogens is 1. The smallest absolute Gasteiger partial charge is 0.177 e. The Morgan fingerprint density at radius 3 is 3.18 bits per heavy atom. The van der Waals surface area contributed by atoms with Crippen molar-refractivity contribution >= 4 is 28.3 Å². The van der Waals surface area contributed by atoms with Crippen molar-refractivity contribution < 1.29 is 0 Å². The molecule has 0 aromatic carbocycles. The quantitative estimate of drug-likeness (QED) is 0.308. The minimum absolute atomic E-state index is 0.389. The highest BCUT2D eigenvalue weighted by atomic mass is 32.2. The van der Waals surface area contributed by atoms with E-state index in [1.54, 1.807) is 17.5 Å². The number of hydrogen-bond acceptors (Lipinski definition) is 5. The number of nitrogens with zero attached hydrogens (tertiary/aromatic N) is 2. The third kappa shape index (κ3) is 2.77. The first-order valence-electron chi connectivity index (χ1n) is 2.87. The lowest BCUT2D eigenvalue weighted by Gasteiger charge is -1.93. The molecule has 0 unspecified atom stereocenters. The highest BCUT2D eigenvalue weighted by Crippen LogP contribution is 2.13. The summed E-state index contributed by atoms with van der Waals surface area (Å²) < 4.78 is 0. The molecule has 0 atom stereocenters. The Bertz CT molecular complexity index is 231. The van der Waals surface area contributed by atoms with Crippen LogP contribution in [0.4, 0.5) is 0 Å². The number of nitrogens with two attached hydrogens (primary N) is 2. The fourth-order valence-corrected chi connectivity index (χ4v) is 1.77. The molecule has 0 spiro atoms. The van der Waals surface area contributed by atoms with E-state index < -0.39 is 0 Å². The summed E-state index contributed by atoms with van der Waals surface area (Å²) in [5, 5.41) is 6.66. The number of thioether (sulfide) groups is 1. The lowest BCUT2D eigenvalue weighted by Crippen LogP contribution is -2.09. The van der Waals surface area contributed by atoms with Crippen LogP contribution in [0.2, 0.25) is 0 Å². The van der Waals surface area contributed by atoms with Crippen LogP contribution in [0.15, 0.2) is 16.7 Å². The number of amidine groups is 1. The number of rotatable bonds is 2. The van der Waals surface area contributed by atoms with Crippen LogP contribution in [0.5, 0.6) is 0 Å². The minimum Gasteiger partial charge on any atom is -0.377 e. The lowest BCUT2D eigenvalue weighted by molar-refractivity contribution is 1.24. The van der Waals surface area contributed by atoms with E-state index in [0.717, 1.165) is 10.8 Å². The second kappa shape index (κ2) is 4.20. The molecule has 11 heavy (non-hydrogen) atoms. The molecule has 0 radical (unpaired) electrons. The molecule has 1 aromatic rings. The first-order chi connectivity index (χ1) is 5.33. The highest BCUT2D eigenvalue weighted by molar-refractivity contribution is 8.13. The maximum Gasteiger partial charge on any atom is 0.177 e. The Hall–Kier alpha value is -0.750. The van der Waals surface area contributed by atoms with Crippen molar-refractivity contribution in [3.05, 3.63) is 16.6 Å². The van der Waals surface area contributed by atoms with E-state index in [1.807, 2.05) is 5.38 Å². The average Bonchev–Trinajstić information content (AvgIpc) is 2.52. The molecule has 0 saturated carbocycles. The summed E-state index contributed by atoms with van der Waals surface area (Å²) in [6, 6.07) is 0. The van der Waals surface area contributed by atoms with Gasteiger partial charge in [-0.25, -0.2) is 4.98 Å². The first-order valence-corrected chi connectivity index (χ1v) is 4.74. The van der Waals surface area contributed by atoms with Gasteiger partial charge in [0.05, 0.1) is 5.75 Å². The van der Waals surface area contributed by atoms with E-state index in [1.165, 1.54) is 11.8 Å². The summed E-state index contributed by atoms with van der Waals surface area (Å²) in [5.74, 6) is 5.68. The summed E-state index contributed by atoms with van der Waals surface area (Å²) in [7, 11) is 0. The molecule has 0 fully saturated rings. The zero-order valence-corrected chi connectivity index (χ0v) is 7.36. The molecule has 1 heterocycles.